The molecule has 0 saturated carbocycles. The minimum Gasteiger partial charge on any atom is -0.367 e. The molecule has 0 atom stereocenters. The van der Waals surface area contributed by atoms with Gasteiger partial charge in [0.1, 0.15) is 6.07 Å². The van der Waals surface area contributed by atoms with Crippen LogP contribution in [0.15, 0.2) is 30.5 Å². The van der Waals surface area contributed by atoms with Gasteiger partial charge in [-0.2, -0.15) is 5.26 Å². The largest absolute Gasteiger partial charge is 0.367 e. The molecular weight excluding hydrogens is 236 g/mol. The van der Waals surface area contributed by atoms with Crippen molar-refractivity contribution in [3.63, 3.8) is 0 Å². The molecule has 19 heavy (non-hydrogen) atoms. The first-order chi connectivity index (χ1) is 9.28. The van der Waals surface area contributed by atoms with E-state index in [1.54, 1.807) is 6.20 Å². The van der Waals surface area contributed by atoms with Gasteiger partial charge in [-0.15, -0.1) is 0 Å². The fraction of sp³-hybridized carbons (Fsp3) is 0.333. The topological polar surface area (TPSA) is 43.2 Å². The van der Waals surface area contributed by atoms with Crippen molar-refractivity contribution in [1.29, 1.82) is 5.26 Å². The second kappa shape index (κ2) is 4.87. The maximum atomic E-state index is 8.94. The molecule has 0 radical (unpaired) electrons. The lowest BCUT2D eigenvalue weighted by atomic mass is 10.1. The maximum Gasteiger partial charge on any atom is 0.101 e. The summed E-state index contributed by atoms with van der Waals surface area (Å²) in [4.78, 5) is 9.18. The zero-order valence-electron chi connectivity index (χ0n) is 11.0. The molecule has 0 unspecified atom stereocenters. The quantitative estimate of drug-likeness (QED) is 0.777. The van der Waals surface area contributed by atoms with E-state index in [4.69, 9.17) is 5.26 Å². The fourth-order valence-corrected chi connectivity index (χ4v) is 2.51. The second-order valence-corrected chi connectivity index (χ2v) is 4.97. The fourth-order valence-electron chi connectivity index (χ4n) is 2.51. The number of piperazine rings is 1. The summed E-state index contributed by atoms with van der Waals surface area (Å²) in [6.45, 7) is 4.20. The molecule has 1 aromatic carbocycles. The summed E-state index contributed by atoms with van der Waals surface area (Å²) in [5, 5.41) is 9.98. The number of pyridine rings is 1. The van der Waals surface area contributed by atoms with Crippen molar-refractivity contribution < 1.29 is 0 Å². The Morgan fingerprint density at radius 1 is 1.21 bits per heavy atom. The monoisotopic (exact) mass is 252 g/mol. The lowest BCUT2D eigenvalue weighted by Gasteiger charge is -2.34. The summed E-state index contributed by atoms with van der Waals surface area (Å²) >= 11 is 0. The third-order valence-corrected chi connectivity index (χ3v) is 3.66. The van der Waals surface area contributed by atoms with Crippen molar-refractivity contribution in [1.82, 2.24) is 9.88 Å². The zero-order chi connectivity index (χ0) is 13.2. The molecule has 4 heteroatoms. The Hall–Kier alpha value is -2.12. The van der Waals surface area contributed by atoms with Crippen LogP contribution in [0.25, 0.3) is 10.9 Å². The van der Waals surface area contributed by atoms with Gasteiger partial charge in [0, 0.05) is 37.8 Å². The van der Waals surface area contributed by atoms with E-state index in [9.17, 15) is 0 Å². The van der Waals surface area contributed by atoms with Crippen LogP contribution < -0.4 is 4.90 Å². The van der Waals surface area contributed by atoms with Crippen LogP contribution in [0.1, 0.15) is 5.56 Å². The van der Waals surface area contributed by atoms with Gasteiger partial charge in [-0.3, -0.25) is 4.98 Å². The van der Waals surface area contributed by atoms with Crippen LogP contribution in [0.3, 0.4) is 0 Å². The molecule has 0 N–H and O–H groups in total. The van der Waals surface area contributed by atoms with Gasteiger partial charge in [-0.25, -0.2) is 0 Å². The third kappa shape index (κ3) is 2.25. The van der Waals surface area contributed by atoms with Crippen molar-refractivity contribution in [2.75, 3.05) is 38.1 Å². The van der Waals surface area contributed by atoms with Crippen molar-refractivity contribution >= 4 is 16.6 Å². The zero-order valence-corrected chi connectivity index (χ0v) is 11.0. The number of hydrogen-bond donors (Lipinski definition) is 0. The minimum absolute atomic E-state index is 0.614. The van der Waals surface area contributed by atoms with Crippen molar-refractivity contribution in [2.24, 2.45) is 0 Å². The summed E-state index contributed by atoms with van der Waals surface area (Å²) < 4.78 is 0. The van der Waals surface area contributed by atoms with Crippen molar-refractivity contribution in [2.45, 2.75) is 0 Å². The van der Waals surface area contributed by atoms with E-state index in [1.807, 2.05) is 18.2 Å². The van der Waals surface area contributed by atoms with E-state index in [1.165, 1.54) is 5.69 Å². The summed E-state index contributed by atoms with van der Waals surface area (Å²) in [5.74, 6) is 0. The van der Waals surface area contributed by atoms with Crippen LogP contribution in [0.5, 0.6) is 0 Å². The normalized spacial score (nSPS) is 16.5. The molecule has 0 spiro atoms. The molecule has 2 heterocycles. The highest BCUT2D eigenvalue weighted by atomic mass is 15.2. The predicted molar refractivity (Wildman–Crippen MR) is 76.2 cm³/mol. The first kappa shape index (κ1) is 11.9. The standard InChI is InChI=1S/C15H16N4/c1-18-5-7-19(8-6-18)14-4-2-3-13-9-12(10-16)11-17-15(13)14/h2-4,9,11H,5-8H2,1H3. The molecule has 1 aliphatic rings. The Morgan fingerprint density at radius 2 is 2.00 bits per heavy atom. The summed E-state index contributed by atoms with van der Waals surface area (Å²) in [7, 11) is 2.15. The molecular formula is C15H16N4. The van der Waals surface area contributed by atoms with Crippen LogP contribution in [0.4, 0.5) is 5.69 Å². The van der Waals surface area contributed by atoms with Crippen LogP contribution in [0, 0.1) is 11.3 Å². The highest BCUT2D eigenvalue weighted by Gasteiger charge is 2.16. The summed E-state index contributed by atoms with van der Waals surface area (Å²) in [6.07, 6.45) is 1.65. The molecule has 0 bridgehead atoms. The number of nitriles is 1. The Labute approximate surface area is 112 Å². The van der Waals surface area contributed by atoms with Crippen LogP contribution >= 0.6 is 0 Å². The van der Waals surface area contributed by atoms with E-state index < -0.39 is 0 Å². The number of benzene rings is 1. The summed E-state index contributed by atoms with van der Waals surface area (Å²) in [5.41, 5.74) is 2.78. The van der Waals surface area contributed by atoms with Gasteiger partial charge < -0.3 is 9.80 Å². The van der Waals surface area contributed by atoms with Crippen LogP contribution in [-0.2, 0) is 0 Å². The first-order valence-electron chi connectivity index (χ1n) is 6.50. The molecule has 1 fully saturated rings. The second-order valence-electron chi connectivity index (χ2n) is 4.97. The van der Waals surface area contributed by atoms with E-state index in [-0.39, 0.29) is 0 Å². The van der Waals surface area contributed by atoms with Crippen LogP contribution in [0.2, 0.25) is 0 Å². The van der Waals surface area contributed by atoms with Crippen LogP contribution in [-0.4, -0.2) is 43.1 Å². The van der Waals surface area contributed by atoms with Crippen molar-refractivity contribution in [3.05, 3.63) is 36.0 Å². The number of nitrogens with zero attached hydrogens (tertiary/aromatic N) is 4. The maximum absolute atomic E-state index is 8.94. The SMILES string of the molecule is CN1CCN(c2cccc3cc(C#N)cnc23)CC1. The molecule has 4 nitrogen and oxygen atoms in total. The van der Waals surface area contributed by atoms with Gasteiger partial charge in [0.15, 0.2) is 0 Å². The molecule has 1 aliphatic heterocycles. The number of rotatable bonds is 1. The molecule has 1 saturated heterocycles. The smallest absolute Gasteiger partial charge is 0.101 e. The number of fused-ring (bicyclic) bond motifs is 1. The van der Waals surface area contributed by atoms with Gasteiger partial charge in [0.2, 0.25) is 0 Å². The Bertz CT molecular complexity index is 636. The van der Waals surface area contributed by atoms with Gasteiger partial charge >= 0.3 is 0 Å². The molecule has 96 valence electrons. The average Bonchev–Trinajstić information content (AvgIpc) is 2.47. The Balaban J connectivity index is 2.02. The van der Waals surface area contributed by atoms with E-state index in [0.717, 1.165) is 37.1 Å². The molecule has 2 aromatic rings. The molecule has 0 aliphatic carbocycles. The lowest BCUT2D eigenvalue weighted by molar-refractivity contribution is 0.313. The van der Waals surface area contributed by atoms with Gasteiger partial charge in [0.05, 0.1) is 16.8 Å². The van der Waals surface area contributed by atoms with Gasteiger partial charge in [-0.05, 0) is 19.2 Å². The van der Waals surface area contributed by atoms with E-state index in [2.05, 4.69) is 34.0 Å². The number of para-hydroxylation sites is 1. The molecule has 3 rings (SSSR count). The Kier molecular flexibility index (Phi) is 3.06. The first-order valence-corrected chi connectivity index (χ1v) is 6.50. The third-order valence-electron chi connectivity index (χ3n) is 3.66. The Morgan fingerprint density at radius 3 is 2.74 bits per heavy atom. The number of aromatic nitrogens is 1. The number of hydrogen-bond acceptors (Lipinski definition) is 4. The van der Waals surface area contributed by atoms with Crippen molar-refractivity contribution in [3.8, 4) is 6.07 Å². The minimum atomic E-state index is 0.614. The average molecular weight is 252 g/mol. The van der Waals surface area contributed by atoms with Gasteiger partial charge in [0.25, 0.3) is 0 Å². The highest BCUT2D eigenvalue weighted by Crippen LogP contribution is 2.26. The number of likely N-dealkylation sites (N-methyl/N-ethyl adjacent to an activating group) is 1. The van der Waals surface area contributed by atoms with E-state index in [0.29, 0.717) is 5.56 Å². The predicted octanol–water partition coefficient (Wildman–Crippen LogP) is 1.86. The molecule has 0 amide bonds. The highest BCUT2D eigenvalue weighted by molar-refractivity contribution is 5.91. The van der Waals surface area contributed by atoms with Gasteiger partial charge in [-0.1, -0.05) is 12.1 Å². The molecule has 1 aromatic heterocycles. The van der Waals surface area contributed by atoms with E-state index >= 15 is 0 Å². The lowest BCUT2D eigenvalue weighted by Crippen LogP contribution is -2.44. The number of anilines is 1. The summed E-state index contributed by atoms with van der Waals surface area (Å²) in [6, 6.07) is 10.2.